The number of aryl methyl sites for hydroxylation is 2. The fourth-order valence-electron chi connectivity index (χ4n) is 0.893. The van der Waals surface area contributed by atoms with Crippen molar-refractivity contribution >= 4 is 0 Å². The number of hydrogen-bond donors (Lipinski definition) is 0. The summed E-state index contributed by atoms with van der Waals surface area (Å²) >= 11 is 0. The number of halogens is 1. The summed E-state index contributed by atoms with van der Waals surface area (Å²) in [6.07, 6.45) is 0.733. The van der Waals surface area contributed by atoms with E-state index in [1.54, 1.807) is 6.92 Å². The first-order valence-electron chi connectivity index (χ1n) is 3.29. The Morgan fingerprint density at radius 3 is 2.70 bits per heavy atom. The minimum atomic E-state index is -0.552. The molecule has 1 aromatic heterocycles. The lowest BCUT2D eigenvalue weighted by Crippen LogP contribution is -1.84. The maximum absolute atomic E-state index is 12.1. The highest BCUT2D eigenvalue weighted by Crippen LogP contribution is 2.11. The van der Waals surface area contributed by atoms with E-state index in [1.165, 1.54) is 0 Å². The van der Waals surface area contributed by atoms with E-state index < -0.39 is 6.67 Å². The molecule has 3 heteroatoms. The van der Waals surface area contributed by atoms with Crippen molar-refractivity contribution in [1.29, 1.82) is 0 Å². The van der Waals surface area contributed by atoms with Gasteiger partial charge in [0.25, 0.3) is 0 Å². The van der Waals surface area contributed by atoms with Gasteiger partial charge in [0.1, 0.15) is 6.67 Å². The van der Waals surface area contributed by atoms with Gasteiger partial charge in [0, 0.05) is 6.92 Å². The predicted octanol–water partition coefficient (Wildman–Crippen LogP) is 2.01. The molecule has 0 aromatic carbocycles. The standard InChI is InChI=1S/C7H10FNO/c1-3-6-7(4-8)10-5(2)9-6/h3-4H2,1-2H3. The highest BCUT2D eigenvalue weighted by Gasteiger charge is 2.07. The SMILES string of the molecule is CCc1nc(C)oc1CF. The lowest BCUT2D eigenvalue weighted by atomic mass is 10.3. The summed E-state index contributed by atoms with van der Waals surface area (Å²) in [5.41, 5.74) is 0.736. The molecule has 1 rings (SSSR count). The Bertz CT molecular complexity index is 198. The molecule has 56 valence electrons. The summed E-state index contributed by atoms with van der Waals surface area (Å²) in [5, 5.41) is 0. The normalized spacial score (nSPS) is 10.3. The molecule has 0 N–H and O–H groups in total. The van der Waals surface area contributed by atoms with E-state index in [0.717, 1.165) is 12.1 Å². The van der Waals surface area contributed by atoms with Crippen LogP contribution in [0.1, 0.15) is 24.3 Å². The Labute approximate surface area is 59.1 Å². The largest absolute Gasteiger partial charge is 0.443 e. The van der Waals surface area contributed by atoms with Crippen LogP contribution in [0.25, 0.3) is 0 Å². The molecule has 0 bridgehead atoms. The van der Waals surface area contributed by atoms with Crippen molar-refractivity contribution in [2.24, 2.45) is 0 Å². The third-order valence-corrected chi connectivity index (χ3v) is 1.34. The summed E-state index contributed by atoms with van der Waals surface area (Å²) in [5.74, 6) is 0.921. The second kappa shape index (κ2) is 2.82. The molecule has 0 fully saturated rings. The highest BCUT2D eigenvalue weighted by molar-refractivity contribution is 5.08. The van der Waals surface area contributed by atoms with E-state index in [9.17, 15) is 4.39 Å². The van der Waals surface area contributed by atoms with Gasteiger partial charge in [0.2, 0.25) is 0 Å². The van der Waals surface area contributed by atoms with Crippen molar-refractivity contribution in [3.8, 4) is 0 Å². The fraction of sp³-hybridized carbons (Fsp3) is 0.571. The van der Waals surface area contributed by atoms with Crippen LogP contribution in [0, 0.1) is 6.92 Å². The Hall–Kier alpha value is -0.860. The van der Waals surface area contributed by atoms with Crippen molar-refractivity contribution in [2.75, 3.05) is 0 Å². The molecule has 0 aliphatic heterocycles. The van der Waals surface area contributed by atoms with Gasteiger partial charge in [-0.3, -0.25) is 0 Å². The second-order valence-electron chi connectivity index (χ2n) is 2.09. The number of oxazole rings is 1. The van der Waals surface area contributed by atoms with E-state index in [0.29, 0.717) is 11.7 Å². The molecule has 0 unspecified atom stereocenters. The third-order valence-electron chi connectivity index (χ3n) is 1.34. The molecule has 10 heavy (non-hydrogen) atoms. The fourth-order valence-corrected chi connectivity index (χ4v) is 0.893. The van der Waals surface area contributed by atoms with Crippen LogP contribution in [-0.2, 0) is 13.1 Å². The molecular weight excluding hydrogens is 133 g/mol. The van der Waals surface area contributed by atoms with Gasteiger partial charge in [-0.25, -0.2) is 9.37 Å². The van der Waals surface area contributed by atoms with Gasteiger partial charge >= 0.3 is 0 Å². The molecule has 0 aliphatic rings. The smallest absolute Gasteiger partial charge is 0.191 e. The van der Waals surface area contributed by atoms with Crippen LogP contribution in [-0.4, -0.2) is 4.98 Å². The van der Waals surface area contributed by atoms with Crippen LogP contribution < -0.4 is 0 Å². The highest BCUT2D eigenvalue weighted by atomic mass is 19.1. The molecule has 1 aromatic rings. The maximum Gasteiger partial charge on any atom is 0.191 e. The van der Waals surface area contributed by atoms with Gasteiger partial charge < -0.3 is 4.42 Å². The van der Waals surface area contributed by atoms with Gasteiger partial charge in [-0.2, -0.15) is 0 Å². The molecule has 0 atom stereocenters. The molecule has 0 saturated carbocycles. The first-order chi connectivity index (χ1) is 4.77. The number of hydrogen-bond acceptors (Lipinski definition) is 2. The van der Waals surface area contributed by atoms with Crippen LogP contribution in [0.3, 0.4) is 0 Å². The molecule has 0 spiro atoms. The van der Waals surface area contributed by atoms with E-state index in [-0.39, 0.29) is 0 Å². The van der Waals surface area contributed by atoms with Crippen LogP contribution in [0.15, 0.2) is 4.42 Å². The number of rotatable bonds is 2. The third kappa shape index (κ3) is 1.17. The number of aromatic nitrogens is 1. The molecule has 2 nitrogen and oxygen atoms in total. The molecule has 0 aliphatic carbocycles. The zero-order valence-electron chi connectivity index (χ0n) is 6.15. The summed E-state index contributed by atoms with van der Waals surface area (Å²) in [7, 11) is 0. The topological polar surface area (TPSA) is 26.0 Å². The Morgan fingerprint density at radius 2 is 2.30 bits per heavy atom. The first kappa shape index (κ1) is 7.25. The molecule has 0 saturated heterocycles. The van der Waals surface area contributed by atoms with Crippen LogP contribution in [0.4, 0.5) is 4.39 Å². The van der Waals surface area contributed by atoms with Gasteiger partial charge in [-0.05, 0) is 6.42 Å². The van der Waals surface area contributed by atoms with Crippen LogP contribution in [0.2, 0.25) is 0 Å². The second-order valence-corrected chi connectivity index (χ2v) is 2.09. The minimum Gasteiger partial charge on any atom is -0.443 e. The Kier molecular flexibility index (Phi) is 2.04. The number of nitrogens with zero attached hydrogens (tertiary/aromatic N) is 1. The molecule has 0 amide bonds. The Balaban J connectivity index is 2.96. The van der Waals surface area contributed by atoms with Crippen molar-refractivity contribution in [1.82, 2.24) is 4.98 Å². The van der Waals surface area contributed by atoms with Gasteiger partial charge in [-0.1, -0.05) is 6.92 Å². The van der Waals surface area contributed by atoms with E-state index in [1.807, 2.05) is 6.92 Å². The van der Waals surface area contributed by atoms with Gasteiger partial charge in [0.15, 0.2) is 11.7 Å². The van der Waals surface area contributed by atoms with Crippen LogP contribution >= 0.6 is 0 Å². The van der Waals surface area contributed by atoms with Crippen LogP contribution in [0.5, 0.6) is 0 Å². The zero-order chi connectivity index (χ0) is 7.56. The van der Waals surface area contributed by atoms with Gasteiger partial charge in [0.05, 0.1) is 5.69 Å². The zero-order valence-corrected chi connectivity index (χ0v) is 6.15. The van der Waals surface area contributed by atoms with Crippen molar-refractivity contribution in [3.63, 3.8) is 0 Å². The summed E-state index contributed by atoms with van der Waals surface area (Å²) in [6.45, 7) is 3.10. The predicted molar refractivity (Wildman–Crippen MR) is 35.4 cm³/mol. The summed E-state index contributed by atoms with van der Waals surface area (Å²) in [4.78, 5) is 3.99. The molecule has 0 radical (unpaired) electrons. The van der Waals surface area contributed by atoms with E-state index in [4.69, 9.17) is 4.42 Å². The summed E-state index contributed by atoms with van der Waals surface area (Å²) < 4.78 is 17.0. The lowest BCUT2D eigenvalue weighted by Gasteiger charge is -1.87. The van der Waals surface area contributed by atoms with Crippen molar-refractivity contribution in [2.45, 2.75) is 26.9 Å². The summed E-state index contributed by atoms with van der Waals surface area (Å²) in [6, 6.07) is 0. The van der Waals surface area contributed by atoms with Gasteiger partial charge in [-0.15, -0.1) is 0 Å². The average Bonchev–Trinajstić information content (AvgIpc) is 2.30. The first-order valence-corrected chi connectivity index (χ1v) is 3.29. The maximum atomic E-state index is 12.1. The number of alkyl halides is 1. The van der Waals surface area contributed by atoms with E-state index >= 15 is 0 Å². The van der Waals surface area contributed by atoms with Crippen molar-refractivity contribution in [3.05, 3.63) is 17.3 Å². The monoisotopic (exact) mass is 143 g/mol. The average molecular weight is 143 g/mol. The lowest BCUT2D eigenvalue weighted by molar-refractivity contribution is 0.379. The van der Waals surface area contributed by atoms with Crippen molar-refractivity contribution < 1.29 is 8.81 Å². The van der Waals surface area contributed by atoms with E-state index in [2.05, 4.69) is 4.98 Å². The molecular formula is C7H10FNO. The molecule has 1 heterocycles. The quantitative estimate of drug-likeness (QED) is 0.633. The Morgan fingerprint density at radius 1 is 1.60 bits per heavy atom. The minimum absolute atomic E-state index is 0.375.